The van der Waals surface area contributed by atoms with Crippen molar-refractivity contribution in [3.05, 3.63) is 170 Å². The fourth-order valence-corrected chi connectivity index (χ4v) is 7.77. The van der Waals surface area contributed by atoms with Gasteiger partial charge in [0.2, 0.25) is 0 Å². The van der Waals surface area contributed by atoms with Gasteiger partial charge in [0.25, 0.3) is 13.4 Å². The lowest BCUT2D eigenvalue weighted by Gasteiger charge is -2.15. The maximum Gasteiger partial charge on any atom is 0.266 e. The number of benzene rings is 5. The molecule has 0 atom stereocenters. The van der Waals surface area contributed by atoms with E-state index in [1.54, 1.807) is 12.4 Å². The molecule has 0 aliphatic carbocycles. The Balaban J connectivity index is 1.02. The average Bonchev–Trinajstić information content (AvgIpc) is 3.71. The summed E-state index contributed by atoms with van der Waals surface area (Å²) in [5, 5.41) is 0. The van der Waals surface area contributed by atoms with Gasteiger partial charge in [0.05, 0.1) is 0 Å². The van der Waals surface area contributed by atoms with E-state index in [-0.39, 0.29) is 13.4 Å². The van der Waals surface area contributed by atoms with Crippen molar-refractivity contribution in [3.8, 4) is 56.6 Å². The Morgan fingerprint density at radius 2 is 0.808 bits per heavy atom. The van der Waals surface area contributed by atoms with Gasteiger partial charge < -0.3 is 9.47 Å². The maximum absolute atomic E-state index is 6.65. The SMILES string of the molecule is c1ccc(B2c3ccccc3-c3ccc(Oc4cc(Oc5ccc6c(c5)B(c5ccccn5)c5ccccc5-6)cc(-c5ncccn5)c4)cc32)nc1. The van der Waals surface area contributed by atoms with Crippen LogP contribution in [0.15, 0.2) is 170 Å². The second-order valence-electron chi connectivity index (χ2n) is 13.0. The van der Waals surface area contributed by atoms with Gasteiger partial charge in [-0.2, -0.15) is 0 Å². The van der Waals surface area contributed by atoms with E-state index in [2.05, 4.69) is 94.9 Å². The Hall–Kier alpha value is -6.79. The summed E-state index contributed by atoms with van der Waals surface area (Å²) in [7, 11) is 0. The van der Waals surface area contributed by atoms with Gasteiger partial charge >= 0.3 is 0 Å². The summed E-state index contributed by atoms with van der Waals surface area (Å²) in [6.45, 7) is 0.0273. The second kappa shape index (κ2) is 12.5. The molecule has 0 saturated heterocycles. The summed E-state index contributed by atoms with van der Waals surface area (Å²) in [5.74, 6) is 3.25. The zero-order valence-electron chi connectivity index (χ0n) is 27.9. The number of hydrogen-bond acceptors (Lipinski definition) is 6. The van der Waals surface area contributed by atoms with Crippen molar-refractivity contribution in [1.82, 2.24) is 19.9 Å². The first-order valence-corrected chi connectivity index (χ1v) is 17.3. The number of fused-ring (bicyclic) bond motifs is 6. The maximum atomic E-state index is 6.65. The first-order valence-electron chi connectivity index (χ1n) is 17.3. The van der Waals surface area contributed by atoms with Crippen LogP contribution in [0, 0.1) is 0 Å². The second-order valence-corrected chi connectivity index (χ2v) is 13.0. The van der Waals surface area contributed by atoms with Gasteiger partial charge in [0, 0.05) is 47.6 Å². The summed E-state index contributed by atoms with van der Waals surface area (Å²) in [5.41, 5.74) is 12.4. The highest BCUT2D eigenvalue weighted by Gasteiger charge is 2.36. The summed E-state index contributed by atoms with van der Waals surface area (Å²) < 4.78 is 13.3. The molecular weight excluding hydrogens is 638 g/mol. The highest BCUT2D eigenvalue weighted by molar-refractivity contribution is 6.99. The number of nitrogens with zero attached hydrogens (tertiary/aromatic N) is 4. The van der Waals surface area contributed by atoms with E-state index in [9.17, 15) is 0 Å². The number of rotatable bonds is 7. The molecule has 5 heterocycles. The van der Waals surface area contributed by atoms with E-state index < -0.39 is 0 Å². The van der Waals surface area contributed by atoms with E-state index in [0.29, 0.717) is 17.3 Å². The average molecular weight is 666 g/mol. The van der Waals surface area contributed by atoms with Crippen LogP contribution in [0.5, 0.6) is 23.0 Å². The molecule has 8 aromatic rings. The van der Waals surface area contributed by atoms with E-state index in [0.717, 1.165) is 39.2 Å². The van der Waals surface area contributed by atoms with Crippen LogP contribution in [-0.4, -0.2) is 33.4 Å². The predicted molar refractivity (Wildman–Crippen MR) is 209 cm³/mol. The normalized spacial score (nSPS) is 12.2. The van der Waals surface area contributed by atoms with E-state index in [4.69, 9.17) is 19.4 Å². The minimum Gasteiger partial charge on any atom is -0.457 e. The molecule has 0 saturated carbocycles. The van der Waals surface area contributed by atoms with E-state index in [1.165, 1.54) is 33.2 Å². The third kappa shape index (κ3) is 5.24. The monoisotopic (exact) mass is 666 g/mol. The summed E-state index contributed by atoms with van der Waals surface area (Å²) in [4.78, 5) is 18.6. The van der Waals surface area contributed by atoms with E-state index >= 15 is 0 Å². The van der Waals surface area contributed by atoms with Crippen LogP contribution in [0.2, 0.25) is 0 Å². The molecule has 0 spiro atoms. The molecule has 8 heteroatoms. The van der Waals surface area contributed by atoms with Crippen molar-refractivity contribution < 1.29 is 9.47 Å². The molecule has 52 heavy (non-hydrogen) atoms. The Kier molecular flexibility index (Phi) is 7.24. The molecule has 3 aromatic heterocycles. The lowest BCUT2D eigenvalue weighted by Crippen LogP contribution is -2.50. The summed E-state index contributed by atoms with van der Waals surface area (Å²) >= 11 is 0. The third-order valence-electron chi connectivity index (χ3n) is 9.93. The van der Waals surface area contributed by atoms with Crippen LogP contribution in [-0.2, 0) is 0 Å². The van der Waals surface area contributed by atoms with Crippen LogP contribution in [0.25, 0.3) is 33.6 Å². The van der Waals surface area contributed by atoms with Gasteiger partial charge in [0.15, 0.2) is 5.82 Å². The number of pyridine rings is 2. The smallest absolute Gasteiger partial charge is 0.266 e. The molecule has 242 valence electrons. The topological polar surface area (TPSA) is 70.0 Å². The zero-order chi connectivity index (χ0) is 34.4. The highest BCUT2D eigenvalue weighted by Crippen LogP contribution is 2.35. The van der Waals surface area contributed by atoms with Crippen LogP contribution < -0.4 is 42.5 Å². The fourth-order valence-electron chi connectivity index (χ4n) is 7.77. The lowest BCUT2D eigenvalue weighted by molar-refractivity contribution is 0.461. The Bertz CT molecular complexity index is 2450. The minimum absolute atomic E-state index is 0.0137. The van der Waals surface area contributed by atoms with Crippen LogP contribution >= 0.6 is 0 Å². The molecule has 0 unspecified atom stereocenters. The van der Waals surface area contributed by atoms with Crippen molar-refractivity contribution in [3.63, 3.8) is 0 Å². The first-order chi connectivity index (χ1) is 25.8. The Morgan fingerprint density at radius 3 is 1.31 bits per heavy atom. The van der Waals surface area contributed by atoms with Crippen LogP contribution in [0.1, 0.15) is 0 Å². The Labute approximate surface area is 302 Å². The highest BCUT2D eigenvalue weighted by atomic mass is 16.5. The first kappa shape index (κ1) is 30.1. The quantitative estimate of drug-likeness (QED) is 0.209. The largest absolute Gasteiger partial charge is 0.457 e. The van der Waals surface area contributed by atoms with Gasteiger partial charge in [-0.1, -0.05) is 94.6 Å². The lowest BCUT2D eigenvalue weighted by atomic mass is 9.40. The van der Waals surface area contributed by atoms with Gasteiger partial charge in [-0.05, 0) is 89.0 Å². The Morgan fingerprint density at radius 1 is 0.346 bits per heavy atom. The van der Waals surface area contributed by atoms with Crippen LogP contribution in [0.4, 0.5) is 0 Å². The van der Waals surface area contributed by atoms with Crippen molar-refractivity contribution in [1.29, 1.82) is 0 Å². The molecule has 0 fully saturated rings. The molecule has 0 bridgehead atoms. The van der Waals surface area contributed by atoms with Crippen molar-refractivity contribution in [2.45, 2.75) is 0 Å². The van der Waals surface area contributed by atoms with Gasteiger partial charge in [-0.3, -0.25) is 9.97 Å². The molecule has 2 aliphatic rings. The number of ether oxygens (including phenoxy) is 2. The van der Waals surface area contributed by atoms with Crippen molar-refractivity contribution in [2.24, 2.45) is 0 Å². The summed E-state index contributed by atoms with van der Waals surface area (Å²) in [6, 6.07) is 49.5. The molecule has 6 nitrogen and oxygen atoms in total. The molecule has 5 aromatic carbocycles. The molecule has 2 aliphatic heterocycles. The van der Waals surface area contributed by atoms with Crippen molar-refractivity contribution >= 4 is 46.5 Å². The zero-order valence-corrected chi connectivity index (χ0v) is 27.9. The van der Waals surface area contributed by atoms with Gasteiger partial charge in [-0.25, -0.2) is 9.97 Å². The number of hydrogen-bond donors (Lipinski definition) is 0. The fraction of sp³-hybridized carbons (Fsp3) is 0. The van der Waals surface area contributed by atoms with Crippen molar-refractivity contribution in [2.75, 3.05) is 0 Å². The standard InChI is InChI=1S/C44H28B2N4O2/c1-3-12-38-34(10-1)36-18-16-30(27-40(36)45(38)42-14-5-7-20-47-42)51-32-24-29(44-49-22-9-23-50-44)25-33(26-32)52-31-17-19-37-35-11-2-4-13-39(35)46(41(37)28-31)43-15-6-8-21-48-43/h1-28H. The number of aromatic nitrogens is 4. The molecule has 0 radical (unpaired) electrons. The van der Waals surface area contributed by atoms with Gasteiger partial charge in [-0.15, -0.1) is 0 Å². The molecule has 0 amide bonds. The molecule has 0 N–H and O–H groups in total. The van der Waals surface area contributed by atoms with Crippen LogP contribution in [0.3, 0.4) is 0 Å². The van der Waals surface area contributed by atoms with Gasteiger partial charge in [0.1, 0.15) is 23.0 Å². The summed E-state index contributed by atoms with van der Waals surface area (Å²) in [6.07, 6.45) is 7.19. The molecular formula is C44H28B2N4O2. The minimum atomic E-state index is 0.0137. The third-order valence-corrected chi connectivity index (χ3v) is 9.93. The predicted octanol–water partition coefficient (Wildman–Crippen LogP) is 5.51. The van der Waals surface area contributed by atoms with E-state index in [1.807, 2.05) is 73.1 Å². The molecule has 10 rings (SSSR count).